The Bertz CT molecular complexity index is 535. The number of hydrogen-bond acceptors (Lipinski definition) is 6. The van der Waals surface area contributed by atoms with Crippen LogP contribution in [0, 0.1) is 10.1 Å². The lowest BCUT2D eigenvalue weighted by atomic mass is 10.1. The average molecular weight is 235 g/mol. The molecule has 1 aromatic heterocycles. The topological polar surface area (TPSA) is 86.0 Å². The van der Waals surface area contributed by atoms with Gasteiger partial charge in [-0.2, -0.15) is 0 Å². The van der Waals surface area contributed by atoms with Crippen molar-refractivity contribution < 1.29 is 9.72 Å². The maximum atomic E-state index is 10.7. The summed E-state index contributed by atoms with van der Waals surface area (Å²) in [6, 6.07) is 5.82. The predicted molar refractivity (Wildman–Crippen MR) is 57.4 cm³/mol. The van der Waals surface area contributed by atoms with Crippen LogP contribution < -0.4 is 0 Å². The van der Waals surface area contributed by atoms with Crippen molar-refractivity contribution in [2.45, 2.75) is 0 Å². The third-order valence-electron chi connectivity index (χ3n) is 1.97. The largest absolute Gasteiger partial charge is 0.297 e. The Balaban J connectivity index is 2.42. The molecule has 0 bridgehead atoms. The van der Waals surface area contributed by atoms with E-state index in [-0.39, 0.29) is 5.69 Å². The third kappa shape index (κ3) is 1.80. The first kappa shape index (κ1) is 10.4. The molecule has 80 valence electrons. The summed E-state index contributed by atoms with van der Waals surface area (Å²) in [5.74, 6) is 0. The SMILES string of the molecule is O=Cc1snnc1-c1ccc([N+](=O)[O-])cc1. The van der Waals surface area contributed by atoms with Crippen molar-refractivity contribution in [3.05, 3.63) is 39.3 Å². The highest BCUT2D eigenvalue weighted by Crippen LogP contribution is 2.24. The standard InChI is InChI=1S/C9H5N3O3S/c13-5-8-9(10-11-16-8)6-1-3-7(4-2-6)12(14)15/h1-5H. The van der Waals surface area contributed by atoms with E-state index in [0.29, 0.717) is 22.4 Å². The smallest absolute Gasteiger partial charge is 0.269 e. The average Bonchev–Trinajstić information content (AvgIpc) is 2.77. The second-order valence-corrected chi connectivity index (χ2v) is 3.69. The van der Waals surface area contributed by atoms with E-state index < -0.39 is 4.92 Å². The third-order valence-corrected chi connectivity index (χ3v) is 2.62. The molecular weight excluding hydrogens is 230 g/mol. The number of non-ortho nitro benzene ring substituents is 1. The summed E-state index contributed by atoms with van der Waals surface area (Å²) in [7, 11) is 0. The van der Waals surface area contributed by atoms with Crippen LogP contribution in [0.15, 0.2) is 24.3 Å². The molecule has 0 aliphatic carbocycles. The molecular formula is C9H5N3O3S. The first-order valence-electron chi connectivity index (χ1n) is 4.24. The zero-order valence-electron chi connectivity index (χ0n) is 7.86. The molecule has 7 heteroatoms. The molecule has 16 heavy (non-hydrogen) atoms. The number of nitro benzene ring substituents is 1. The van der Waals surface area contributed by atoms with Crippen LogP contribution in [-0.4, -0.2) is 20.8 Å². The van der Waals surface area contributed by atoms with Gasteiger partial charge in [-0.1, -0.05) is 4.49 Å². The minimum absolute atomic E-state index is 0.000378. The fourth-order valence-corrected chi connectivity index (χ4v) is 1.71. The molecule has 0 spiro atoms. The zero-order chi connectivity index (χ0) is 11.5. The summed E-state index contributed by atoms with van der Waals surface area (Å²) in [5.41, 5.74) is 1.09. The number of aromatic nitrogens is 2. The zero-order valence-corrected chi connectivity index (χ0v) is 8.68. The number of rotatable bonds is 3. The second-order valence-electron chi connectivity index (χ2n) is 2.91. The van der Waals surface area contributed by atoms with Gasteiger partial charge in [0.05, 0.1) is 4.92 Å². The predicted octanol–water partition coefficient (Wildman–Crippen LogP) is 1.93. The summed E-state index contributed by atoms with van der Waals surface area (Å²) < 4.78 is 3.65. The van der Waals surface area contributed by atoms with Crippen molar-refractivity contribution in [2.24, 2.45) is 0 Å². The lowest BCUT2D eigenvalue weighted by Crippen LogP contribution is -1.88. The van der Waals surface area contributed by atoms with E-state index in [1.807, 2.05) is 0 Å². The maximum Gasteiger partial charge on any atom is 0.269 e. The lowest BCUT2D eigenvalue weighted by Gasteiger charge is -1.96. The van der Waals surface area contributed by atoms with Crippen LogP contribution in [0.25, 0.3) is 11.3 Å². The molecule has 1 aromatic carbocycles. The van der Waals surface area contributed by atoms with Gasteiger partial charge < -0.3 is 0 Å². The summed E-state index contributed by atoms with van der Waals surface area (Å²) in [5, 5.41) is 14.2. The van der Waals surface area contributed by atoms with Crippen molar-refractivity contribution in [3.8, 4) is 11.3 Å². The van der Waals surface area contributed by atoms with Crippen molar-refractivity contribution in [2.75, 3.05) is 0 Å². The highest BCUT2D eigenvalue weighted by atomic mass is 32.1. The molecule has 2 aromatic rings. The van der Waals surface area contributed by atoms with E-state index in [4.69, 9.17) is 0 Å². The molecule has 0 aliphatic heterocycles. The van der Waals surface area contributed by atoms with Crippen LogP contribution in [0.1, 0.15) is 9.67 Å². The first-order chi connectivity index (χ1) is 7.72. The van der Waals surface area contributed by atoms with E-state index in [2.05, 4.69) is 9.59 Å². The molecule has 0 aliphatic rings. The molecule has 0 atom stereocenters. The second kappa shape index (κ2) is 4.15. The fourth-order valence-electron chi connectivity index (χ4n) is 1.22. The summed E-state index contributed by atoms with van der Waals surface area (Å²) in [6.45, 7) is 0. The van der Waals surface area contributed by atoms with Crippen molar-refractivity contribution in [3.63, 3.8) is 0 Å². The normalized spacial score (nSPS) is 10.0. The van der Waals surface area contributed by atoms with Gasteiger partial charge in [0.25, 0.3) is 5.69 Å². The first-order valence-corrected chi connectivity index (χ1v) is 5.02. The number of carbonyl (C=O) groups is 1. The molecule has 0 saturated heterocycles. The van der Waals surface area contributed by atoms with E-state index in [1.54, 1.807) is 12.1 Å². The maximum absolute atomic E-state index is 10.7. The van der Waals surface area contributed by atoms with Crippen LogP contribution in [0.2, 0.25) is 0 Å². The highest BCUT2D eigenvalue weighted by molar-refractivity contribution is 7.07. The van der Waals surface area contributed by atoms with Crippen molar-refractivity contribution in [1.29, 1.82) is 0 Å². The van der Waals surface area contributed by atoms with Crippen molar-refractivity contribution >= 4 is 23.5 Å². The minimum atomic E-state index is -0.482. The van der Waals surface area contributed by atoms with Gasteiger partial charge in [-0.25, -0.2) is 0 Å². The Morgan fingerprint density at radius 3 is 2.56 bits per heavy atom. The Kier molecular flexibility index (Phi) is 2.69. The summed E-state index contributed by atoms with van der Waals surface area (Å²) in [4.78, 5) is 21.0. The number of aldehydes is 1. The van der Waals surface area contributed by atoms with E-state index >= 15 is 0 Å². The van der Waals surface area contributed by atoms with E-state index in [1.165, 1.54) is 12.1 Å². The van der Waals surface area contributed by atoms with Gasteiger partial charge >= 0.3 is 0 Å². The molecule has 0 unspecified atom stereocenters. The Labute approximate surface area is 93.9 Å². The number of hydrogen-bond donors (Lipinski definition) is 0. The molecule has 1 heterocycles. The van der Waals surface area contributed by atoms with Gasteiger partial charge in [0.2, 0.25) is 0 Å². The minimum Gasteiger partial charge on any atom is -0.297 e. The van der Waals surface area contributed by atoms with Crippen LogP contribution >= 0.6 is 11.5 Å². The molecule has 6 nitrogen and oxygen atoms in total. The Hall–Kier alpha value is -2.15. The summed E-state index contributed by atoms with van der Waals surface area (Å²) >= 11 is 0.992. The monoisotopic (exact) mass is 235 g/mol. The van der Waals surface area contributed by atoms with Crippen LogP contribution in [0.3, 0.4) is 0 Å². The number of carbonyl (C=O) groups excluding carboxylic acids is 1. The fraction of sp³-hybridized carbons (Fsp3) is 0. The molecule has 0 amide bonds. The molecule has 0 fully saturated rings. The summed E-state index contributed by atoms with van der Waals surface area (Å²) in [6.07, 6.45) is 0.668. The van der Waals surface area contributed by atoms with Crippen LogP contribution in [0.5, 0.6) is 0 Å². The highest BCUT2D eigenvalue weighted by Gasteiger charge is 2.11. The Morgan fingerprint density at radius 1 is 1.31 bits per heavy atom. The van der Waals surface area contributed by atoms with E-state index in [0.717, 1.165) is 11.5 Å². The van der Waals surface area contributed by atoms with Gasteiger partial charge in [-0.3, -0.25) is 14.9 Å². The number of benzene rings is 1. The lowest BCUT2D eigenvalue weighted by molar-refractivity contribution is -0.384. The Morgan fingerprint density at radius 2 is 2.00 bits per heavy atom. The molecule has 2 rings (SSSR count). The van der Waals surface area contributed by atoms with Gasteiger partial charge in [0.15, 0.2) is 6.29 Å². The number of nitro groups is 1. The van der Waals surface area contributed by atoms with Crippen molar-refractivity contribution in [1.82, 2.24) is 9.59 Å². The van der Waals surface area contributed by atoms with Crippen LogP contribution in [-0.2, 0) is 0 Å². The van der Waals surface area contributed by atoms with Gasteiger partial charge in [0.1, 0.15) is 10.6 Å². The number of nitrogens with zero attached hydrogens (tertiary/aromatic N) is 3. The van der Waals surface area contributed by atoms with Gasteiger partial charge in [-0.05, 0) is 23.7 Å². The van der Waals surface area contributed by atoms with Crippen LogP contribution in [0.4, 0.5) is 5.69 Å². The van der Waals surface area contributed by atoms with Gasteiger partial charge in [-0.15, -0.1) is 5.10 Å². The van der Waals surface area contributed by atoms with Gasteiger partial charge in [0, 0.05) is 17.7 Å². The van der Waals surface area contributed by atoms with E-state index in [9.17, 15) is 14.9 Å². The quantitative estimate of drug-likeness (QED) is 0.461. The molecule has 0 radical (unpaired) electrons. The molecule has 0 saturated carbocycles. The molecule has 0 N–H and O–H groups in total.